The number of hydrogen-bond acceptors (Lipinski definition) is 3. The number of benzene rings is 2. The molecule has 0 spiro atoms. The van der Waals surface area contributed by atoms with Gasteiger partial charge in [-0.05, 0) is 61.2 Å². The molecule has 0 aliphatic rings. The molecule has 168 valence electrons. The fourth-order valence-corrected chi connectivity index (χ4v) is 2.80. The average molecular weight is 541 g/mol. The predicted octanol–water partition coefficient (Wildman–Crippen LogP) is 2.27. The van der Waals surface area contributed by atoms with Crippen LogP contribution in [0.3, 0.4) is 0 Å². The maximum Gasteiger partial charge on any atom is 0.251 e. The van der Waals surface area contributed by atoms with E-state index in [2.05, 4.69) is 20.9 Å². The Kier molecular flexibility index (Phi) is 11.5. The van der Waals surface area contributed by atoms with E-state index in [9.17, 15) is 14.0 Å². The third-order valence-corrected chi connectivity index (χ3v) is 4.39. The average Bonchev–Trinajstić information content (AvgIpc) is 2.72. The number of guanidine groups is 1. The summed E-state index contributed by atoms with van der Waals surface area (Å²) in [6, 6.07) is 11.8. The van der Waals surface area contributed by atoms with Crippen molar-refractivity contribution in [2.75, 3.05) is 19.6 Å². The van der Waals surface area contributed by atoms with E-state index in [0.29, 0.717) is 24.6 Å². The van der Waals surface area contributed by atoms with E-state index in [1.165, 1.54) is 12.1 Å². The third-order valence-electron chi connectivity index (χ3n) is 4.39. The van der Waals surface area contributed by atoms with Crippen LogP contribution in [0, 0.1) is 12.7 Å². The van der Waals surface area contributed by atoms with E-state index in [4.69, 9.17) is 5.73 Å². The first kappa shape index (κ1) is 26.3. The van der Waals surface area contributed by atoms with Crippen molar-refractivity contribution in [3.8, 4) is 0 Å². The molecule has 2 amide bonds. The monoisotopic (exact) mass is 541 g/mol. The lowest BCUT2D eigenvalue weighted by Gasteiger charge is -2.12. The lowest BCUT2D eigenvalue weighted by Crippen LogP contribution is -2.38. The minimum Gasteiger partial charge on any atom is -0.368 e. The summed E-state index contributed by atoms with van der Waals surface area (Å²) in [7, 11) is 0. The first-order valence-electron chi connectivity index (χ1n) is 9.81. The van der Waals surface area contributed by atoms with Gasteiger partial charge in [0, 0.05) is 18.7 Å². The minimum atomic E-state index is -0.590. The molecular weight excluding hydrogens is 512 g/mol. The van der Waals surface area contributed by atoms with E-state index < -0.39 is 5.91 Å². The molecule has 0 saturated carbocycles. The molecule has 0 atom stereocenters. The summed E-state index contributed by atoms with van der Waals surface area (Å²) in [4.78, 5) is 27.2. The van der Waals surface area contributed by atoms with Crippen LogP contribution in [0.1, 0.15) is 34.0 Å². The Morgan fingerprint density at radius 1 is 1.06 bits per heavy atom. The predicted molar refractivity (Wildman–Crippen MR) is 131 cm³/mol. The first-order chi connectivity index (χ1) is 14.4. The van der Waals surface area contributed by atoms with E-state index in [1.54, 1.807) is 18.2 Å². The van der Waals surface area contributed by atoms with Gasteiger partial charge >= 0.3 is 0 Å². The van der Waals surface area contributed by atoms with Crippen LogP contribution in [0.15, 0.2) is 47.5 Å². The van der Waals surface area contributed by atoms with E-state index in [1.807, 2.05) is 26.0 Å². The van der Waals surface area contributed by atoms with Crippen LogP contribution in [0.4, 0.5) is 4.39 Å². The van der Waals surface area contributed by atoms with Crippen LogP contribution in [0.25, 0.3) is 0 Å². The standard InChI is InChI=1S/C22H28FN5O2.HI/c1-3-25-22(26-11-10-17-8-9-19(23)12-15(17)2)28-13-16-4-6-18(7-5-16)21(30)27-14-20(24)29;/h4-9,12H,3,10-11,13-14H2,1-2H3,(H2,24,29)(H,27,30)(H2,25,26,28);1H. The van der Waals surface area contributed by atoms with Crippen molar-refractivity contribution in [3.05, 3.63) is 70.5 Å². The molecule has 2 rings (SSSR count). The highest BCUT2D eigenvalue weighted by molar-refractivity contribution is 14.0. The Morgan fingerprint density at radius 3 is 2.39 bits per heavy atom. The van der Waals surface area contributed by atoms with E-state index in [-0.39, 0.29) is 42.2 Å². The fourth-order valence-electron chi connectivity index (χ4n) is 2.80. The summed E-state index contributed by atoms with van der Waals surface area (Å²) in [6.45, 7) is 5.52. The molecular formula is C22H29FIN5O2. The van der Waals surface area contributed by atoms with Crippen LogP contribution in [0.5, 0.6) is 0 Å². The molecule has 0 aliphatic heterocycles. The largest absolute Gasteiger partial charge is 0.368 e. The number of aryl methyl sites for hydroxylation is 1. The molecule has 2 aromatic carbocycles. The number of nitrogens with one attached hydrogen (secondary N) is 3. The Labute approximate surface area is 199 Å². The van der Waals surface area contributed by atoms with Gasteiger partial charge in [-0.15, -0.1) is 24.0 Å². The van der Waals surface area contributed by atoms with Gasteiger partial charge in [0.15, 0.2) is 5.96 Å². The van der Waals surface area contributed by atoms with Crippen molar-refractivity contribution in [2.45, 2.75) is 26.8 Å². The number of aliphatic imine (C=N–C) groups is 1. The van der Waals surface area contributed by atoms with Crippen LogP contribution in [-0.4, -0.2) is 37.4 Å². The van der Waals surface area contributed by atoms with Crippen molar-refractivity contribution in [2.24, 2.45) is 10.7 Å². The second kappa shape index (κ2) is 13.6. The Bertz CT molecular complexity index is 903. The van der Waals surface area contributed by atoms with Crippen molar-refractivity contribution < 1.29 is 14.0 Å². The molecule has 9 heteroatoms. The maximum absolute atomic E-state index is 13.2. The number of nitrogens with zero attached hydrogens (tertiary/aromatic N) is 1. The number of nitrogens with two attached hydrogens (primary N) is 1. The van der Waals surface area contributed by atoms with Crippen LogP contribution in [0.2, 0.25) is 0 Å². The number of carbonyl (C=O) groups is 2. The molecule has 0 fully saturated rings. The second-order valence-electron chi connectivity index (χ2n) is 6.79. The van der Waals surface area contributed by atoms with Gasteiger partial charge in [0.25, 0.3) is 5.91 Å². The number of rotatable bonds is 9. The molecule has 7 nitrogen and oxygen atoms in total. The molecule has 0 bridgehead atoms. The Morgan fingerprint density at radius 2 is 1.77 bits per heavy atom. The van der Waals surface area contributed by atoms with Gasteiger partial charge < -0.3 is 21.7 Å². The Hall–Kier alpha value is -2.69. The molecule has 5 N–H and O–H groups in total. The zero-order valence-corrected chi connectivity index (χ0v) is 20.0. The quantitative estimate of drug-likeness (QED) is 0.222. The zero-order chi connectivity index (χ0) is 21.9. The zero-order valence-electron chi connectivity index (χ0n) is 17.7. The molecule has 0 aliphatic carbocycles. The second-order valence-corrected chi connectivity index (χ2v) is 6.79. The number of carbonyl (C=O) groups excluding carboxylic acids is 2. The summed E-state index contributed by atoms with van der Waals surface area (Å²) in [6.07, 6.45) is 0.756. The SMILES string of the molecule is CCNC(=NCc1ccc(C(=O)NCC(N)=O)cc1)NCCc1ccc(F)cc1C.I. The molecule has 0 heterocycles. The van der Waals surface area contributed by atoms with Crippen molar-refractivity contribution in [3.63, 3.8) is 0 Å². The van der Waals surface area contributed by atoms with Gasteiger partial charge in [0.1, 0.15) is 5.82 Å². The first-order valence-corrected chi connectivity index (χ1v) is 9.81. The lowest BCUT2D eigenvalue weighted by molar-refractivity contribution is -0.117. The van der Waals surface area contributed by atoms with Crippen LogP contribution in [-0.2, 0) is 17.8 Å². The third kappa shape index (κ3) is 9.33. The van der Waals surface area contributed by atoms with Crippen LogP contribution >= 0.6 is 24.0 Å². The van der Waals surface area contributed by atoms with Crippen molar-refractivity contribution in [1.82, 2.24) is 16.0 Å². The highest BCUT2D eigenvalue weighted by Gasteiger charge is 2.06. The molecule has 0 radical (unpaired) electrons. The van der Waals surface area contributed by atoms with Gasteiger partial charge in [-0.2, -0.15) is 0 Å². The summed E-state index contributed by atoms with van der Waals surface area (Å²) < 4.78 is 13.2. The van der Waals surface area contributed by atoms with E-state index in [0.717, 1.165) is 29.7 Å². The summed E-state index contributed by atoms with van der Waals surface area (Å²) >= 11 is 0. The number of primary amides is 1. The summed E-state index contributed by atoms with van der Waals surface area (Å²) in [5.41, 5.74) is 8.42. The van der Waals surface area contributed by atoms with Crippen LogP contribution < -0.4 is 21.7 Å². The molecule has 0 unspecified atom stereocenters. The topological polar surface area (TPSA) is 109 Å². The number of halogens is 2. The van der Waals surface area contributed by atoms with Crippen molar-refractivity contribution in [1.29, 1.82) is 0 Å². The maximum atomic E-state index is 13.2. The number of amides is 2. The van der Waals surface area contributed by atoms with Crippen molar-refractivity contribution >= 4 is 41.8 Å². The van der Waals surface area contributed by atoms with E-state index >= 15 is 0 Å². The minimum absolute atomic E-state index is 0. The van der Waals surface area contributed by atoms with Gasteiger partial charge in [-0.25, -0.2) is 9.38 Å². The number of hydrogen-bond donors (Lipinski definition) is 4. The highest BCUT2D eigenvalue weighted by Crippen LogP contribution is 2.10. The van der Waals surface area contributed by atoms with Gasteiger partial charge in [0.2, 0.25) is 5.91 Å². The smallest absolute Gasteiger partial charge is 0.251 e. The van der Waals surface area contributed by atoms with Gasteiger partial charge in [-0.3, -0.25) is 9.59 Å². The van der Waals surface area contributed by atoms with Gasteiger partial charge in [-0.1, -0.05) is 18.2 Å². The lowest BCUT2D eigenvalue weighted by atomic mass is 10.1. The molecule has 2 aromatic rings. The molecule has 0 saturated heterocycles. The fraction of sp³-hybridized carbons (Fsp3) is 0.318. The Balaban J connectivity index is 0.00000480. The summed E-state index contributed by atoms with van der Waals surface area (Å²) in [5, 5.41) is 8.91. The highest BCUT2D eigenvalue weighted by atomic mass is 127. The van der Waals surface area contributed by atoms with Gasteiger partial charge in [0.05, 0.1) is 13.1 Å². The molecule has 0 aromatic heterocycles. The summed E-state index contributed by atoms with van der Waals surface area (Å²) in [5.74, 6) is -0.488. The molecule has 31 heavy (non-hydrogen) atoms. The normalized spacial score (nSPS) is 10.7.